The second-order valence-corrected chi connectivity index (χ2v) is 20.7. The predicted octanol–water partition coefficient (Wildman–Crippen LogP) is 12.5. The first-order chi connectivity index (χ1) is 24.3. The summed E-state index contributed by atoms with van der Waals surface area (Å²) >= 11 is 0. The Hall–Kier alpha value is -4.15. The van der Waals surface area contributed by atoms with Crippen molar-refractivity contribution in [3.8, 4) is 33.6 Å². The van der Waals surface area contributed by atoms with Gasteiger partial charge >= 0.3 is 0 Å². The smallest absolute Gasteiger partial charge is 0.128 e. The summed E-state index contributed by atoms with van der Waals surface area (Å²) in [7, 11) is -1.36. The SMILES string of the molecule is Cc1c[c-]c(-c2cc(C(C)C)c([Si](C)(C)C)cn2)cc1C.Cc1ccc(-c2cccc3c2oc2c(-c4cc(CC(C)C)ccn4)[c-]ccc23)cc1.[Ir]. The van der Waals surface area contributed by atoms with Crippen LogP contribution in [0.1, 0.15) is 61.4 Å². The first-order valence-corrected chi connectivity index (χ1v) is 21.7. The number of rotatable bonds is 7. The molecule has 269 valence electrons. The third-order valence-electron chi connectivity index (χ3n) is 9.61. The molecule has 3 heterocycles. The van der Waals surface area contributed by atoms with Crippen LogP contribution in [0.5, 0.6) is 0 Å². The maximum absolute atomic E-state index is 6.50. The Morgan fingerprint density at radius 1 is 0.750 bits per heavy atom. The van der Waals surface area contributed by atoms with E-state index >= 15 is 0 Å². The number of para-hydroxylation sites is 1. The van der Waals surface area contributed by atoms with Crippen LogP contribution in [0.15, 0.2) is 102 Å². The Labute approximate surface area is 325 Å². The molecule has 7 rings (SSSR count). The van der Waals surface area contributed by atoms with E-state index in [1.165, 1.54) is 33.0 Å². The number of hydrogen-bond acceptors (Lipinski definition) is 3. The van der Waals surface area contributed by atoms with Gasteiger partial charge in [-0.25, -0.2) is 0 Å². The van der Waals surface area contributed by atoms with Crippen molar-refractivity contribution in [2.75, 3.05) is 0 Å². The molecule has 0 amide bonds. The molecule has 0 atom stereocenters. The molecule has 0 aliphatic heterocycles. The van der Waals surface area contributed by atoms with Gasteiger partial charge in [0.2, 0.25) is 0 Å². The molecule has 0 spiro atoms. The summed E-state index contributed by atoms with van der Waals surface area (Å²) in [5, 5.41) is 3.70. The van der Waals surface area contributed by atoms with Crippen LogP contribution >= 0.6 is 0 Å². The van der Waals surface area contributed by atoms with Gasteiger partial charge in [0.15, 0.2) is 0 Å². The number of hydrogen-bond donors (Lipinski definition) is 0. The van der Waals surface area contributed by atoms with Crippen LogP contribution in [0.4, 0.5) is 0 Å². The summed E-state index contributed by atoms with van der Waals surface area (Å²) < 4.78 is 6.50. The number of furan rings is 1. The Morgan fingerprint density at radius 2 is 1.48 bits per heavy atom. The predicted molar refractivity (Wildman–Crippen MR) is 220 cm³/mol. The van der Waals surface area contributed by atoms with Gasteiger partial charge in [0, 0.05) is 43.4 Å². The monoisotopic (exact) mass is 879 g/mol. The van der Waals surface area contributed by atoms with Gasteiger partial charge < -0.3 is 14.4 Å². The van der Waals surface area contributed by atoms with Gasteiger partial charge in [-0.1, -0.05) is 143 Å². The van der Waals surface area contributed by atoms with E-state index in [9.17, 15) is 0 Å². The van der Waals surface area contributed by atoms with Crippen LogP contribution in [0, 0.1) is 38.8 Å². The molecule has 0 N–H and O–H groups in total. The maximum Gasteiger partial charge on any atom is 0.128 e. The maximum atomic E-state index is 6.50. The number of aryl methyl sites for hydroxylation is 3. The van der Waals surface area contributed by atoms with Crippen molar-refractivity contribution in [1.29, 1.82) is 0 Å². The van der Waals surface area contributed by atoms with Crippen LogP contribution in [0.25, 0.3) is 55.6 Å². The molecule has 7 aromatic rings. The quantitative estimate of drug-likeness (QED) is 0.118. The molecule has 5 heteroatoms. The molecular formula is C47H50IrN2OSi-2. The standard InChI is InChI=1S/C28H24NO.C19H26NSi.Ir/c1-18(2)16-20-14-15-29-26(17-20)25-9-5-8-24-23-7-4-6-22(27(23)30-28(24)25)21-12-10-19(3)11-13-21;1-13(2)17-11-18(20-12-19(17)21(5,6)7)16-9-8-14(3)15(4)10-16;/h4-8,10-15,17-18H,16H2,1-3H3;8,10-13H,1-7H3;/q2*-1;. The molecule has 0 saturated carbocycles. The molecule has 3 aromatic heterocycles. The Balaban J connectivity index is 0.000000210. The molecule has 0 aliphatic rings. The molecule has 0 fully saturated rings. The van der Waals surface area contributed by atoms with Crippen molar-refractivity contribution in [2.45, 2.75) is 80.4 Å². The molecule has 52 heavy (non-hydrogen) atoms. The van der Waals surface area contributed by atoms with E-state index in [0.29, 0.717) is 11.8 Å². The third-order valence-corrected chi connectivity index (χ3v) is 11.6. The summed E-state index contributed by atoms with van der Waals surface area (Å²) in [6, 6.07) is 36.5. The summed E-state index contributed by atoms with van der Waals surface area (Å²) in [4.78, 5) is 9.37. The fraction of sp³-hybridized carbons (Fsp3) is 0.277. The van der Waals surface area contributed by atoms with Crippen LogP contribution in [-0.4, -0.2) is 18.0 Å². The number of aromatic nitrogens is 2. The van der Waals surface area contributed by atoms with E-state index < -0.39 is 8.07 Å². The minimum Gasteiger partial charge on any atom is -0.500 e. The van der Waals surface area contributed by atoms with E-state index in [4.69, 9.17) is 9.40 Å². The number of nitrogens with zero attached hydrogens (tertiary/aromatic N) is 2. The van der Waals surface area contributed by atoms with Crippen LogP contribution in [-0.2, 0) is 26.5 Å². The van der Waals surface area contributed by atoms with Gasteiger partial charge in [-0.05, 0) is 53.4 Å². The molecule has 0 unspecified atom stereocenters. The number of benzene rings is 4. The Bertz CT molecular complexity index is 2310. The number of pyridine rings is 2. The van der Waals surface area contributed by atoms with Gasteiger partial charge in [-0.15, -0.1) is 53.1 Å². The van der Waals surface area contributed by atoms with Crippen molar-refractivity contribution in [3.05, 3.63) is 137 Å². The van der Waals surface area contributed by atoms with E-state index in [1.807, 2.05) is 12.3 Å². The topological polar surface area (TPSA) is 38.9 Å². The van der Waals surface area contributed by atoms with Gasteiger partial charge in [-0.3, -0.25) is 0 Å². The second-order valence-electron chi connectivity index (χ2n) is 15.7. The molecule has 1 radical (unpaired) electrons. The van der Waals surface area contributed by atoms with Gasteiger partial charge in [0.05, 0.1) is 13.7 Å². The average molecular weight is 879 g/mol. The fourth-order valence-corrected chi connectivity index (χ4v) is 8.34. The third kappa shape index (κ3) is 8.55. The number of fused-ring (bicyclic) bond motifs is 3. The van der Waals surface area contributed by atoms with Gasteiger partial charge in [0.1, 0.15) is 5.58 Å². The minimum absolute atomic E-state index is 0. The van der Waals surface area contributed by atoms with Crippen LogP contribution in [0.3, 0.4) is 0 Å². The summed E-state index contributed by atoms with van der Waals surface area (Å²) in [5.74, 6) is 1.13. The zero-order valence-electron chi connectivity index (χ0n) is 32.2. The van der Waals surface area contributed by atoms with Gasteiger partial charge in [0.25, 0.3) is 0 Å². The van der Waals surface area contributed by atoms with E-state index in [2.05, 4.69) is 170 Å². The zero-order valence-corrected chi connectivity index (χ0v) is 35.6. The molecule has 0 aliphatic carbocycles. The summed E-state index contributed by atoms with van der Waals surface area (Å²) in [6.07, 6.45) is 5.03. The van der Waals surface area contributed by atoms with Gasteiger partial charge in [-0.2, -0.15) is 0 Å². The first kappa shape index (κ1) is 39.1. The fourth-order valence-electron chi connectivity index (χ4n) is 6.67. The van der Waals surface area contributed by atoms with Crippen LogP contribution < -0.4 is 5.19 Å². The molecule has 3 nitrogen and oxygen atoms in total. The minimum atomic E-state index is -1.36. The normalized spacial score (nSPS) is 11.5. The van der Waals surface area contributed by atoms with E-state index in [-0.39, 0.29) is 20.1 Å². The molecule has 4 aromatic carbocycles. The Kier molecular flexibility index (Phi) is 12.2. The molecule has 0 bridgehead atoms. The zero-order chi connectivity index (χ0) is 36.4. The van der Waals surface area contributed by atoms with Crippen LogP contribution in [0.2, 0.25) is 19.6 Å². The van der Waals surface area contributed by atoms with E-state index in [0.717, 1.165) is 62.0 Å². The van der Waals surface area contributed by atoms with Crippen molar-refractivity contribution < 1.29 is 24.5 Å². The summed E-state index contributed by atoms with van der Waals surface area (Å²) in [5.41, 5.74) is 14.6. The van der Waals surface area contributed by atoms with Crippen molar-refractivity contribution in [1.82, 2.24) is 9.97 Å². The van der Waals surface area contributed by atoms with E-state index in [1.54, 1.807) is 0 Å². The second kappa shape index (κ2) is 16.2. The summed E-state index contributed by atoms with van der Waals surface area (Å²) in [6.45, 7) is 22.5. The largest absolute Gasteiger partial charge is 0.500 e. The Morgan fingerprint density at radius 3 is 2.15 bits per heavy atom. The van der Waals surface area contributed by atoms with Crippen molar-refractivity contribution in [2.24, 2.45) is 5.92 Å². The molecular weight excluding hydrogens is 829 g/mol. The van der Waals surface area contributed by atoms with Crippen molar-refractivity contribution in [3.63, 3.8) is 0 Å². The van der Waals surface area contributed by atoms with Crippen molar-refractivity contribution >= 4 is 35.2 Å². The average Bonchev–Trinajstić information content (AvgIpc) is 3.49. The molecule has 0 saturated heterocycles. The first-order valence-electron chi connectivity index (χ1n) is 18.2.